The zero-order chi connectivity index (χ0) is 13.1. The van der Waals surface area contributed by atoms with Crippen molar-refractivity contribution in [2.24, 2.45) is 0 Å². The average Bonchev–Trinajstić information content (AvgIpc) is 2.84. The molecule has 0 amide bonds. The van der Waals surface area contributed by atoms with Gasteiger partial charge in [0.1, 0.15) is 0 Å². The van der Waals surface area contributed by atoms with Crippen LogP contribution in [0.3, 0.4) is 0 Å². The van der Waals surface area contributed by atoms with Crippen molar-refractivity contribution in [3.05, 3.63) is 36.0 Å². The van der Waals surface area contributed by atoms with Crippen molar-refractivity contribution in [3.8, 4) is 0 Å². The number of morpholine rings is 1. The lowest BCUT2D eigenvalue weighted by Crippen LogP contribution is -2.38. The van der Waals surface area contributed by atoms with Gasteiger partial charge in [0.05, 0.1) is 13.2 Å². The van der Waals surface area contributed by atoms with Crippen LogP contribution in [0.15, 0.2) is 30.5 Å². The van der Waals surface area contributed by atoms with Gasteiger partial charge in [0.25, 0.3) is 0 Å². The summed E-state index contributed by atoms with van der Waals surface area (Å²) in [5.74, 6) is 0. The third-order valence-corrected chi connectivity index (χ3v) is 3.71. The van der Waals surface area contributed by atoms with Crippen molar-refractivity contribution >= 4 is 17.2 Å². The third kappa shape index (κ3) is 2.55. The summed E-state index contributed by atoms with van der Waals surface area (Å²) in [6.45, 7) is 5.56. The molecule has 0 spiro atoms. The molecule has 1 aromatic heterocycles. The van der Waals surface area contributed by atoms with Gasteiger partial charge < -0.3 is 9.30 Å². The highest BCUT2D eigenvalue weighted by Crippen LogP contribution is 2.19. The monoisotopic (exact) mass is 258 g/mol. The zero-order valence-electron chi connectivity index (χ0n) is 10.9. The summed E-state index contributed by atoms with van der Waals surface area (Å²) in [6.07, 6.45) is 2.89. The largest absolute Gasteiger partial charge is 0.379 e. The number of carbonyl (C=O) groups is 1. The molecule has 19 heavy (non-hydrogen) atoms. The fraction of sp³-hybridized carbons (Fsp3) is 0.400. The summed E-state index contributed by atoms with van der Waals surface area (Å²) < 4.78 is 7.52. The van der Waals surface area contributed by atoms with Crippen LogP contribution in [0.4, 0.5) is 0 Å². The van der Waals surface area contributed by atoms with E-state index in [1.807, 2.05) is 24.4 Å². The van der Waals surface area contributed by atoms with Crippen LogP contribution in [-0.2, 0) is 11.3 Å². The average molecular weight is 258 g/mol. The number of fused-ring (bicyclic) bond motifs is 1. The van der Waals surface area contributed by atoms with Crippen LogP contribution >= 0.6 is 0 Å². The number of rotatable bonds is 4. The van der Waals surface area contributed by atoms with Gasteiger partial charge in [0.2, 0.25) is 0 Å². The molecule has 0 N–H and O–H groups in total. The summed E-state index contributed by atoms with van der Waals surface area (Å²) in [7, 11) is 0. The summed E-state index contributed by atoms with van der Waals surface area (Å²) in [5.41, 5.74) is 1.91. The summed E-state index contributed by atoms with van der Waals surface area (Å²) in [6, 6.07) is 8.07. The smallest absolute Gasteiger partial charge is 0.152 e. The molecule has 1 aliphatic heterocycles. The van der Waals surface area contributed by atoms with E-state index >= 15 is 0 Å². The number of aromatic nitrogens is 1. The van der Waals surface area contributed by atoms with Gasteiger partial charge in [0.15, 0.2) is 6.29 Å². The van der Waals surface area contributed by atoms with E-state index in [2.05, 4.69) is 15.5 Å². The van der Waals surface area contributed by atoms with E-state index in [1.54, 1.807) is 0 Å². The lowest BCUT2D eigenvalue weighted by atomic mass is 10.2. The lowest BCUT2D eigenvalue weighted by Gasteiger charge is -2.26. The number of ether oxygens (including phenoxy) is 1. The van der Waals surface area contributed by atoms with Crippen molar-refractivity contribution in [2.75, 3.05) is 32.8 Å². The fourth-order valence-electron chi connectivity index (χ4n) is 2.63. The molecule has 0 unspecified atom stereocenters. The lowest BCUT2D eigenvalue weighted by molar-refractivity contribution is 0.0365. The second kappa shape index (κ2) is 5.55. The number of hydrogen-bond acceptors (Lipinski definition) is 3. The topological polar surface area (TPSA) is 34.5 Å². The van der Waals surface area contributed by atoms with Gasteiger partial charge in [-0.2, -0.15) is 0 Å². The van der Waals surface area contributed by atoms with E-state index in [-0.39, 0.29) is 0 Å². The van der Waals surface area contributed by atoms with Gasteiger partial charge in [-0.3, -0.25) is 9.69 Å². The first-order valence-corrected chi connectivity index (χ1v) is 6.71. The highest BCUT2D eigenvalue weighted by molar-refractivity contribution is 5.97. The van der Waals surface area contributed by atoms with Crippen molar-refractivity contribution in [1.82, 2.24) is 9.47 Å². The Kier molecular flexibility index (Phi) is 3.62. The molecule has 3 rings (SSSR count). The molecule has 2 heterocycles. The molecule has 0 saturated carbocycles. The minimum Gasteiger partial charge on any atom is -0.379 e. The normalized spacial score (nSPS) is 16.8. The second-order valence-electron chi connectivity index (χ2n) is 4.87. The van der Waals surface area contributed by atoms with E-state index in [9.17, 15) is 4.79 Å². The Morgan fingerprint density at radius 1 is 1.16 bits per heavy atom. The molecule has 100 valence electrons. The maximum atomic E-state index is 11.1. The van der Waals surface area contributed by atoms with Gasteiger partial charge >= 0.3 is 0 Å². The van der Waals surface area contributed by atoms with E-state index in [0.29, 0.717) is 0 Å². The highest BCUT2D eigenvalue weighted by atomic mass is 16.5. The van der Waals surface area contributed by atoms with Gasteiger partial charge in [-0.1, -0.05) is 18.2 Å². The van der Waals surface area contributed by atoms with Crippen LogP contribution < -0.4 is 0 Å². The first kappa shape index (κ1) is 12.4. The van der Waals surface area contributed by atoms with E-state index in [0.717, 1.165) is 62.1 Å². The number of benzene rings is 1. The van der Waals surface area contributed by atoms with E-state index < -0.39 is 0 Å². The Bertz CT molecular complexity index is 571. The van der Waals surface area contributed by atoms with Crippen LogP contribution in [0.5, 0.6) is 0 Å². The van der Waals surface area contributed by atoms with Crippen LogP contribution in [0, 0.1) is 0 Å². The standard InChI is InChI=1S/C15H18N2O2/c18-12-13-11-17(15-4-2-1-3-14(13)15)6-5-16-7-9-19-10-8-16/h1-4,11-12H,5-10H2. The molecule has 1 aromatic carbocycles. The second-order valence-corrected chi connectivity index (χ2v) is 4.87. The molecule has 0 bridgehead atoms. The molecule has 0 atom stereocenters. The Balaban J connectivity index is 1.78. The molecule has 4 nitrogen and oxygen atoms in total. The molecular weight excluding hydrogens is 240 g/mol. The summed E-state index contributed by atoms with van der Waals surface area (Å²) >= 11 is 0. The first-order valence-electron chi connectivity index (χ1n) is 6.71. The Labute approximate surface area is 112 Å². The fourth-order valence-corrected chi connectivity index (χ4v) is 2.63. The van der Waals surface area contributed by atoms with E-state index in [1.165, 1.54) is 0 Å². The molecule has 0 aliphatic carbocycles. The quantitative estimate of drug-likeness (QED) is 0.784. The number of para-hydroxylation sites is 1. The minimum absolute atomic E-state index is 0.776. The Morgan fingerprint density at radius 3 is 2.74 bits per heavy atom. The van der Waals surface area contributed by atoms with Gasteiger partial charge in [-0.05, 0) is 6.07 Å². The molecule has 1 saturated heterocycles. The third-order valence-electron chi connectivity index (χ3n) is 3.71. The summed E-state index contributed by atoms with van der Waals surface area (Å²) in [5, 5.41) is 1.04. The number of aldehydes is 1. The molecule has 4 heteroatoms. The number of carbonyl (C=O) groups excluding carboxylic acids is 1. The van der Waals surface area contributed by atoms with Gasteiger partial charge in [-0.25, -0.2) is 0 Å². The Hall–Kier alpha value is -1.65. The van der Waals surface area contributed by atoms with Crippen LogP contribution in [-0.4, -0.2) is 48.6 Å². The van der Waals surface area contributed by atoms with E-state index in [4.69, 9.17) is 4.74 Å². The predicted octanol–water partition coefficient (Wildman–Crippen LogP) is 1.79. The van der Waals surface area contributed by atoms with Gasteiger partial charge in [0, 0.05) is 48.8 Å². The molecular formula is C15H18N2O2. The van der Waals surface area contributed by atoms with Crippen molar-refractivity contribution in [3.63, 3.8) is 0 Å². The number of nitrogens with zero attached hydrogens (tertiary/aromatic N) is 2. The first-order chi connectivity index (χ1) is 9.38. The molecule has 1 aliphatic rings. The molecule has 0 radical (unpaired) electrons. The molecule has 2 aromatic rings. The van der Waals surface area contributed by atoms with Crippen molar-refractivity contribution in [1.29, 1.82) is 0 Å². The van der Waals surface area contributed by atoms with Crippen LogP contribution in [0.2, 0.25) is 0 Å². The van der Waals surface area contributed by atoms with Crippen molar-refractivity contribution < 1.29 is 9.53 Å². The maximum absolute atomic E-state index is 11.1. The SMILES string of the molecule is O=Cc1cn(CCN2CCOCC2)c2ccccc12. The predicted molar refractivity (Wildman–Crippen MR) is 74.6 cm³/mol. The minimum atomic E-state index is 0.776. The number of hydrogen-bond donors (Lipinski definition) is 0. The highest BCUT2D eigenvalue weighted by Gasteiger charge is 2.11. The van der Waals surface area contributed by atoms with Crippen LogP contribution in [0.25, 0.3) is 10.9 Å². The zero-order valence-corrected chi connectivity index (χ0v) is 10.9. The summed E-state index contributed by atoms with van der Waals surface area (Å²) in [4.78, 5) is 13.5. The maximum Gasteiger partial charge on any atom is 0.152 e. The van der Waals surface area contributed by atoms with Gasteiger partial charge in [-0.15, -0.1) is 0 Å². The van der Waals surface area contributed by atoms with Crippen molar-refractivity contribution in [2.45, 2.75) is 6.54 Å². The Morgan fingerprint density at radius 2 is 1.95 bits per heavy atom. The molecule has 1 fully saturated rings. The van der Waals surface area contributed by atoms with Crippen LogP contribution in [0.1, 0.15) is 10.4 Å².